The van der Waals surface area contributed by atoms with E-state index in [0.29, 0.717) is 12.0 Å². The fraction of sp³-hybridized carbons (Fsp3) is 0.455. The molecule has 24 heavy (non-hydrogen) atoms. The number of aliphatic hydroxyl groups excluding tert-OH is 1. The second kappa shape index (κ2) is 8.46. The van der Waals surface area contributed by atoms with E-state index in [2.05, 4.69) is 65.6 Å². The molecule has 1 aliphatic carbocycles. The topological polar surface area (TPSA) is 23.5 Å². The average Bonchev–Trinajstić information content (AvgIpc) is 2.63. The quantitative estimate of drug-likeness (QED) is 0.838. The largest absolute Gasteiger partial charge is 0.393 e. The molecule has 0 aliphatic heterocycles. The first-order valence-corrected chi connectivity index (χ1v) is 9.22. The summed E-state index contributed by atoms with van der Waals surface area (Å²) in [5.41, 5.74) is 2.76. The van der Waals surface area contributed by atoms with Crippen molar-refractivity contribution in [3.63, 3.8) is 0 Å². The molecule has 0 amide bonds. The van der Waals surface area contributed by atoms with Crippen molar-refractivity contribution in [2.75, 3.05) is 0 Å². The summed E-state index contributed by atoms with van der Waals surface area (Å²) < 4.78 is 0. The first kappa shape index (κ1) is 17.2. The number of benzene rings is 2. The van der Waals surface area contributed by atoms with Crippen LogP contribution in [0.2, 0.25) is 0 Å². The number of aliphatic hydroxyl groups is 1. The Morgan fingerprint density at radius 2 is 1.29 bits per heavy atom. The van der Waals surface area contributed by atoms with E-state index in [1.807, 2.05) is 6.92 Å². The van der Waals surface area contributed by atoms with Crippen molar-refractivity contribution in [3.8, 4) is 0 Å². The van der Waals surface area contributed by atoms with Crippen LogP contribution < -0.4 is 0 Å². The molecule has 0 spiro atoms. The highest BCUT2D eigenvalue weighted by Crippen LogP contribution is 2.31. The molecule has 2 aromatic carbocycles. The lowest BCUT2D eigenvalue weighted by molar-refractivity contribution is 0.0610. The molecule has 3 rings (SSSR count). The molecule has 1 fully saturated rings. The van der Waals surface area contributed by atoms with Crippen molar-refractivity contribution in [2.24, 2.45) is 5.92 Å². The van der Waals surface area contributed by atoms with Gasteiger partial charge < -0.3 is 5.11 Å². The number of rotatable bonds is 6. The van der Waals surface area contributed by atoms with Gasteiger partial charge in [0, 0.05) is 19.1 Å². The van der Waals surface area contributed by atoms with Crippen molar-refractivity contribution in [1.29, 1.82) is 0 Å². The van der Waals surface area contributed by atoms with Gasteiger partial charge in [0.15, 0.2) is 0 Å². The summed E-state index contributed by atoms with van der Waals surface area (Å²) in [6.07, 6.45) is 4.50. The standard InChI is InChI=1S/C22H29NO/c1-18(24)21-12-14-22(15-13-21)23(16-19-8-4-2-5-9-19)17-20-10-6-3-7-11-20/h2-11,18,21-22,24H,12-17H2,1H3/t18-,21?,22?/m0/s1. The maximum atomic E-state index is 9.86. The van der Waals surface area contributed by atoms with Crippen LogP contribution in [-0.4, -0.2) is 22.2 Å². The van der Waals surface area contributed by atoms with Gasteiger partial charge in [0.2, 0.25) is 0 Å². The Hall–Kier alpha value is -1.64. The molecule has 0 heterocycles. The van der Waals surface area contributed by atoms with Crippen LogP contribution in [0.5, 0.6) is 0 Å². The maximum Gasteiger partial charge on any atom is 0.0540 e. The lowest BCUT2D eigenvalue weighted by Crippen LogP contribution is -2.38. The summed E-state index contributed by atoms with van der Waals surface area (Å²) >= 11 is 0. The molecule has 1 aliphatic rings. The molecule has 1 N–H and O–H groups in total. The van der Waals surface area contributed by atoms with Crippen molar-refractivity contribution < 1.29 is 5.11 Å². The molecule has 1 atom stereocenters. The van der Waals surface area contributed by atoms with E-state index < -0.39 is 0 Å². The zero-order chi connectivity index (χ0) is 16.8. The average molecular weight is 323 g/mol. The van der Waals surface area contributed by atoms with Gasteiger partial charge >= 0.3 is 0 Å². The van der Waals surface area contributed by atoms with Gasteiger partial charge in [0.05, 0.1) is 6.10 Å². The Labute approximate surface area is 146 Å². The second-order valence-corrected chi connectivity index (χ2v) is 7.19. The number of hydrogen-bond acceptors (Lipinski definition) is 2. The Balaban J connectivity index is 1.70. The Morgan fingerprint density at radius 3 is 1.71 bits per heavy atom. The molecule has 0 saturated heterocycles. The van der Waals surface area contributed by atoms with E-state index in [0.717, 1.165) is 25.9 Å². The van der Waals surface area contributed by atoms with Gasteiger partial charge in [0.1, 0.15) is 0 Å². The zero-order valence-corrected chi connectivity index (χ0v) is 14.6. The summed E-state index contributed by atoms with van der Waals surface area (Å²) in [5.74, 6) is 0.483. The second-order valence-electron chi connectivity index (χ2n) is 7.19. The third-order valence-corrected chi connectivity index (χ3v) is 5.40. The van der Waals surface area contributed by atoms with Gasteiger partial charge in [-0.2, -0.15) is 0 Å². The van der Waals surface area contributed by atoms with Gasteiger partial charge in [-0.3, -0.25) is 4.90 Å². The van der Waals surface area contributed by atoms with Gasteiger partial charge in [-0.1, -0.05) is 60.7 Å². The lowest BCUT2D eigenvalue weighted by Gasteiger charge is -2.38. The maximum absolute atomic E-state index is 9.86. The Kier molecular flexibility index (Phi) is 6.06. The van der Waals surface area contributed by atoms with Crippen LogP contribution in [-0.2, 0) is 13.1 Å². The first-order valence-electron chi connectivity index (χ1n) is 9.22. The van der Waals surface area contributed by atoms with E-state index in [1.165, 1.54) is 24.0 Å². The SMILES string of the molecule is C[C@H](O)C1CCC(N(Cc2ccccc2)Cc2ccccc2)CC1. The van der Waals surface area contributed by atoms with Crippen LogP contribution in [0.25, 0.3) is 0 Å². The van der Waals surface area contributed by atoms with E-state index in [9.17, 15) is 5.11 Å². The smallest absolute Gasteiger partial charge is 0.0540 e. The van der Waals surface area contributed by atoms with E-state index in [1.54, 1.807) is 0 Å². The minimum atomic E-state index is -0.164. The highest BCUT2D eigenvalue weighted by Gasteiger charge is 2.28. The van der Waals surface area contributed by atoms with Crippen molar-refractivity contribution in [1.82, 2.24) is 4.90 Å². The van der Waals surface area contributed by atoms with Gasteiger partial charge in [0.25, 0.3) is 0 Å². The lowest BCUT2D eigenvalue weighted by atomic mass is 9.82. The van der Waals surface area contributed by atoms with Crippen LogP contribution in [0.1, 0.15) is 43.7 Å². The minimum Gasteiger partial charge on any atom is -0.393 e. The van der Waals surface area contributed by atoms with E-state index >= 15 is 0 Å². The highest BCUT2D eigenvalue weighted by molar-refractivity contribution is 5.17. The van der Waals surface area contributed by atoms with Crippen LogP contribution in [0.15, 0.2) is 60.7 Å². The van der Waals surface area contributed by atoms with E-state index in [4.69, 9.17) is 0 Å². The molecular weight excluding hydrogens is 294 g/mol. The molecule has 2 nitrogen and oxygen atoms in total. The fourth-order valence-corrected chi connectivity index (χ4v) is 3.90. The van der Waals surface area contributed by atoms with Gasteiger partial charge in [-0.25, -0.2) is 0 Å². The molecule has 0 unspecified atom stereocenters. The Bertz CT molecular complexity index is 546. The predicted octanol–water partition coefficient (Wildman–Crippen LogP) is 4.63. The molecule has 1 saturated carbocycles. The van der Waals surface area contributed by atoms with E-state index in [-0.39, 0.29) is 6.10 Å². The first-order chi connectivity index (χ1) is 11.7. The van der Waals surface area contributed by atoms with Gasteiger partial charge in [-0.15, -0.1) is 0 Å². The third kappa shape index (κ3) is 4.68. The molecular formula is C22H29NO. The minimum absolute atomic E-state index is 0.164. The third-order valence-electron chi connectivity index (χ3n) is 5.40. The highest BCUT2D eigenvalue weighted by atomic mass is 16.3. The van der Waals surface area contributed by atoms with Crippen LogP contribution >= 0.6 is 0 Å². The summed E-state index contributed by atoms with van der Waals surface area (Å²) in [4.78, 5) is 2.63. The molecule has 2 aromatic rings. The molecule has 0 radical (unpaired) electrons. The summed E-state index contributed by atoms with van der Waals surface area (Å²) in [5, 5.41) is 9.86. The molecule has 0 bridgehead atoms. The monoisotopic (exact) mass is 323 g/mol. The zero-order valence-electron chi connectivity index (χ0n) is 14.6. The normalized spacial score (nSPS) is 22.5. The van der Waals surface area contributed by atoms with Crippen molar-refractivity contribution in [3.05, 3.63) is 71.8 Å². The van der Waals surface area contributed by atoms with Crippen LogP contribution in [0.3, 0.4) is 0 Å². The van der Waals surface area contributed by atoms with Crippen LogP contribution in [0, 0.1) is 5.92 Å². The molecule has 0 aromatic heterocycles. The van der Waals surface area contributed by atoms with Gasteiger partial charge in [-0.05, 0) is 49.7 Å². The van der Waals surface area contributed by atoms with Crippen LogP contribution in [0.4, 0.5) is 0 Å². The fourth-order valence-electron chi connectivity index (χ4n) is 3.90. The summed E-state index contributed by atoms with van der Waals surface area (Å²) in [7, 11) is 0. The van der Waals surface area contributed by atoms with Crippen molar-refractivity contribution >= 4 is 0 Å². The summed E-state index contributed by atoms with van der Waals surface area (Å²) in [6.45, 7) is 3.94. The number of nitrogens with zero attached hydrogens (tertiary/aromatic N) is 1. The predicted molar refractivity (Wildman–Crippen MR) is 99.6 cm³/mol. The molecule has 128 valence electrons. The Morgan fingerprint density at radius 1 is 0.833 bits per heavy atom. The molecule has 2 heteroatoms. The summed E-state index contributed by atoms with van der Waals surface area (Å²) in [6, 6.07) is 22.2. The van der Waals surface area contributed by atoms with Crippen molar-refractivity contribution in [2.45, 2.75) is 57.8 Å². The number of hydrogen-bond donors (Lipinski definition) is 1.